The maximum Gasteiger partial charge on any atom is 0.335 e. The lowest BCUT2D eigenvalue weighted by molar-refractivity contribution is 0.0678. The van der Waals surface area contributed by atoms with E-state index in [1.54, 1.807) is 29.2 Å². The van der Waals surface area contributed by atoms with Crippen LogP contribution in [-0.2, 0) is 0 Å². The summed E-state index contributed by atoms with van der Waals surface area (Å²) in [4.78, 5) is 25.9. The highest BCUT2D eigenvalue weighted by molar-refractivity contribution is 5.94. The number of nitrogens with zero attached hydrogens (tertiary/aromatic N) is 1. The van der Waals surface area contributed by atoms with Gasteiger partial charge in [0.1, 0.15) is 5.82 Å². The fraction of sp³-hybridized carbons (Fsp3) is 0.308. The van der Waals surface area contributed by atoms with Gasteiger partial charge in [0, 0.05) is 29.5 Å². The Balaban J connectivity index is 1.63. The number of allylic oxidation sites excluding steroid dienone is 2. The molecule has 1 heterocycles. The van der Waals surface area contributed by atoms with Crippen LogP contribution in [0.4, 0.5) is 4.39 Å². The van der Waals surface area contributed by atoms with Gasteiger partial charge in [0.15, 0.2) is 0 Å². The summed E-state index contributed by atoms with van der Waals surface area (Å²) in [6.07, 6.45) is 5.12. The molecule has 4 nitrogen and oxygen atoms in total. The van der Waals surface area contributed by atoms with Crippen molar-refractivity contribution in [2.45, 2.75) is 27.2 Å². The molecule has 0 fully saturated rings. The van der Waals surface area contributed by atoms with Crippen LogP contribution >= 0.6 is 0 Å². The second-order valence-corrected chi connectivity index (χ2v) is 9.20. The summed E-state index contributed by atoms with van der Waals surface area (Å²) in [5.74, 6) is -1.51. The van der Waals surface area contributed by atoms with Gasteiger partial charge >= 0.3 is 5.97 Å². The molecule has 1 aliphatic heterocycles. The maximum absolute atomic E-state index is 13.6. The maximum atomic E-state index is 13.6. The van der Waals surface area contributed by atoms with Gasteiger partial charge in [-0.25, -0.2) is 9.18 Å². The number of hydrogen-bond acceptors (Lipinski definition) is 2. The second-order valence-electron chi connectivity index (χ2n) is 9.20. The van der Waals surface area contributed by atoms with Crippen LogP contribution in [-0.4, -0.2) is 35.0 Å². The predicted molar refractivity (Wildman–Crippen MR) is 118 cm³/mol. The van der Waals surface area contributed by atoms with Crippen LogP contribution in [0.1, 0.15) is 53.5 Å². The highest BCUT2D eigenvalue weighted by Crippen LogP contribution is 2.55. The molecule has 1 amide bonds. The monoisotopic (exact) mass is 419 g/mol. The Kier molecular flexibility index (Phi) is 5.08. The molecule has 2 aliphatic rings. The first-order valence-electron chi connectivity index (χ1n) is 10.4. The zero-order valence-electron chi connectivity index (χ0n) is 18.0. The minimum absolute atomic E-state index is 0.159. The lowest BCUT2D eigenvalue weighted by Crippen LogP contribution is -2.48. The Morgan fingerprint density at radius 3 is 2.35 bits per heavy atom. The van der Waals surface area contributed by atoms with Crippen LogP contribution in [0.5, 0.6) is 0 Å². The number of fused-ring (bicyclic) bond motifs is 1. The lowest BCUT2D eigenvalue weighted by Gasteiger charge is -2.50. The van der Waals surface area contributed by atoms with Gasteiger partial charge in [-0.3, -0.25) is 4.79 Å². The number of hydrogen-bond donors (Lipinski definition) is 1. The van der Waals surface area contributed by atoms with E-state index in [0.717, 1.165) is 17.6 Å². The first kappa shape index (κ1) is 21.0. The van der Waals surface area contributed by atoms with Gasteiger partial charge in [-0.15, -0.1) is 0 Å². The molecule has 2 aromatic carbocycles. The molecule has 4 rings (SSSR count). The molecule has 160 valence electrons. The lowest BCUT2D eigenvalue weighted by atomic mass is 9.58. The van der Waals surface area contributed by atoms with Crippen molar-refractivity contribution in [1.29, 1.82) is 0 Å². The molecule has 5 heteroatoms. The van der Waals surface area contributed by atoms with Crippen LogP contribution in [0.15, 0.2) is 66.3 Å². The summed E-state index contributed by atoms with van der Waals surface area (Å²) in [6, 6.07) is 12.8. The summed E-state index contributed by atoms with van der Waals surface area (Å²) in [7, 11) is 0. The number of benzene rings is 2. The standard InChI is InChI=1S/C26H26FNO3/c1-25(2)21(17-7-9-18(10-8-17)24(30)31)11-13-26(3)16-28(14-12-22(25)26)23(29)19-5-4-6-20(27)15-19/h4-12,15H,13-14,16H2,1-3H3,(H,30,31)/t26-/m1/s1. The number of aromatic carboxylic acids is 1. The van der Waals surface area contributed by atoms with Crippen molar-refractivity contribution in [1.82, 2.24) is 4.90 Å². The summed E-state index contributed by atoms with van der Waals surface area (Å²) in [5, 5.41) is 9.17. The highest BCUT2D eigenvalue weighted by Gasteiger charge is 2.46. The average Bonchev–Trinajstić information content (AvgIpc) is 2.72. The largest absolute Gasteiger partial charge is 0.478 e. The quantitative estimate of drug-likeness (QED) is 0.676. The number of carbonyl (C=O) groups is 2. The van der Waals surface area contributed by atoms with E-state index in [2.05, 4.69) is 32.9 Å². The van der Waals surface area contributed by atoms with Crippen LogP contribution in [0, 0.1) is 16.6 Å². The van der Waals surface area contributed by atoms with Crippen LogP contribution in [0.3, 0.4) is 0 Å². The van der Waals surface area contributed by atoms with Gasteiger partial charge in [-0.05, 0) is 47.9 Å². The summed E-state index contributed by atoms with van der Waals surface area (Å²) in [5.41, 5.74) is 3.62. The fourth-order valence-corrected chi connectivity index (χ4v) is 5.16. The number of halogens is 1. The zero-order valence-corrected chi connectivity index (χ0v) is 18.0. The Morgan fingerprint density at radius 1 is 1.00 bits per heavy atom. The van der Waals surface area contributed by atoms with Crippen molar-refractivity contribution < 1.29 is 19.1 Å². The Morgan fingerprint density at radius 2 is 1.71 bits per heavy atom. The van der Waals surface area contributed by atoms with Crippen molar-refractivity contribution in [3.63, 3.8) is 0 Å². The third kappa shape index (κ3) is 3.69. The number of carboxylic acid groups (broad SMARTS) is 1. The van der Waals surface area contributed by atoms with Crippen molar-refractivity contribution in [3.8, 4) is 0 Å². The molecule has 1 aliphatic carbocycles. The zero-order chi connectivity index (χ0) is 22.4. The third-order valence-corrected chi connectivity index (χ3v) is 6.61. The first-order valence-corrected chi connectivity index (χ1v) is 10.4. The number of carbonyl (C=O) groups excluding carboxylic acids is 1. The molecule has 0 spiro atoms. The van der Waals surface area contributed by atoms with E-state index >= 15 is 0 Å². The van der Waals surface area contributed by atoms with E-state index in [1.807, 2.05) is 12.1 Å². The molecule has 31 heavy (non-hydrogen) atoms. The Labute approximate surface area is 181 Å². The van der Waals surface area contributed by atoms with E-state index in [-0.39, 0.29) is 22.3 Å². The van der Waals surface area contributed by atoms with Crippen molar-refractivity contribution >= 4 is 17.4 Å². The fourth-order valence-electron chi connectivity index (χ4n) is 5.16. The molecule has 1 atom stereocenters. The average molecular weight is 419 g/mol. The normalized spacial score (nSPS) is 22.3. The van der Waals surface area contributed by atoms with Crippen LogP contribution in [0.2, 0.25) is 0 Å². The molecule has 2 aromatic rings. The number of amides is 1. The molecule has 0 saturated heterocycles. The van der Waals surface area contributed by atoms with Crippen LogP contribution < -0.4 is 0 Å². The molecular weight excluding hydrogens is 393 g/mol. The minimum atomic E-state index is -0.936. The van der Waals surface area contributed by atoms with E-state index in [0.29, 0.717) is 18.7 Å². The summed E-state index contributed by atoms with van der Waals surface area (Å²) in [6.45, 7) is 7.58. The molecule has 0 unspecified atom stereocenters. The number of carboxylic acids is 1. The van der Waals surface area contributed by atoms with E-state index < -0.39 is 11.8 Å². The van der Waals surface area contributed by atoms with E-state index in [1.165, 1.54) is 17.7 Å². The highest BCUT2D eigenvalue weighted by atomic mass is 19.1. The van der Waals surface area contributed by atoms with Crippen molar-refractivity contribution in [2.24, 2.45) is 10.8 Å². The molecule has 1 N–H and O–H groups in total. The first-order chi connectivity index (χ1) is 14.6. The molecule has 0 radical (unpaired) electrons. The Bertz CT molecular complexity index is 1110. The molecule has 0 saturated carbocycles. The molecule has 0 aromatic heterocycles. The molecular formula is C26H26FNO3. The van der Waals surface area contributed by atoms with Gasteiger partial charge in [-0.1, -0.05) is 56.7 Å². The smallest absolute Gasteiger partial charge is 0.335 e. The van der Waals surface area contributed by atoms with Crippen molar-refractivity contribution in [2.75, 3.05) is 13.1 Å². The van der Waals surface area contributed by atoms with Crippen LogP contribution in [0.25, 0.3) is 5.57 Å². The van der Waals surface area contributed by atoms with Gasteiger partial charge < -0.3 is 10.0 Å². The summed E-state index contributed by atoms with van der Waals surface area (Å²) < 4.78 is 13.6. The topological polar surface area (TPSA) is 57.6 Å². The second kappa shape index (κ2) is 7.49. The minimum Gasteiger partial charge on any atom is -0.478 e. The number of rotatable bonds is 3. The van der Waals surface area contributed by atoms with Gasteiger partial charge in [0.25, 0.3) is 5.91 Å². The predicted octanol–water partition coefficient (Wildman–Crippen LogP) is 5.43. The summed E-state index contributed by atoms with van der Waals surface area (Å²) >= 11 is 0. The van der Waals surface area contributed by atoms with Gasteiger partial charge in [-0.2, -0.15) is 0 Å². The van der Waals surface area contributed by atoms with E-state index in [9.17, 15) is 14.0 Å². The SMILES string of the molecule is CC1(C)C(c2ccc(C(=O)O)cc2)=CC[C@]2(C)CN(C(=O)c3cccc(F)c3)CC=C12. The van der Waals surface area contributed by atoms with Crippen molar-refractivity contribution in [3.05, 3.63) is 88.8 Å². The van der Waals surface area contributed by atoms with Gasteiger partial charge in [0.05, 0.1) is 5.56 Å². The Hall–Kier alpha value is -3.21. The van der Waals surface area contributed by atoms with Gasteiger partial charge in [0.2, 0.25) is 0 Å². The molecule has 0 bridgehead atoms. The third-order valence-electron chi connectivity index (χ3n) is 6.61. The van der Waals surface area contributed by atoms with E-state index in [4.69, 9.17) is 5.11 Å².